The van der Waals surface area contributed by atoms with Crippen molar-refractivity contribution in [2.24, 2.45) is 5.73 Å². The third kappa shape index (κ3) is 29.8. The molecule has 4 N–H and O–H groups in total. The normalized spacial score (nSPS) is 13.3. The maximum absolute atomic E-state index is 12.5. The van der Waals surface area contributed by atoms with Crippen LogP contribution in [-0.4, -0.2) is 41.6 Å². The number of esters is 1. The zero-order valence-corrected chi connectivity index (χ0v) is 28.7. The fourth-order valence-corrected chi connectivity index (χ4v) is 4.87. The van der Waals surface area contributed by atoms with E-state index in [1.165, 1.54) is 51.4 Å². The standard InChI is InChI=1S/C38H66N2O5/c1-3-5-7-9-10-11-12-13-14-15-16-17-22-26-32-37(42)45-34(28-23-19-8-6-4-2)29-24-20-18-21-25-31-36(41)40-35(38(43)44)30-27-33-39/h6,8,12-13,23-24,28-29,34-35H,3-5,7,9-11,14-22,25-27,30-33,39H2,1-2H3,(H,40,41)(H,43,44)/b8-6-,13-12-,28-23-,29-24-. The fourth-order valence-electron chi connectivity index (χ4n) is 4.87. The van der Waals surface area contributed by atoms with Crippen LogP contribution in [0, 0.1) is 0 Å². The molecule has 0 aliphatic carbocycles. The summed E-state index contributed by atoms with van der Waals surface area (Å²) in [7, 11) is 0. The summed E-state index contributed by atoms with van der Waals surface area (Å²) in [6.45, 7) is 4.75. The predicted octanol–water partition coefficient (Wildman–Crippen LogP) is 9.27. The van der Waals surface area contributed by atoms with Gasteiger partial charge in [-0.25, -0.2) is 4.79 Å². The highest BCUT2D eigenvalue weighted by Crippen LogP contribution is 2.12. The molecule has 45 heavy (non-hydrogen) atoms. The van der Waals surface area contributed by atoms with Crippen LogP contribution >= 0.6 is 0 Å². The Bertz CT molecular complexity index is 849. The molecule has 0 rings (SSSR count). The lowest BCUT2D eigenvalue weighted by Gasteiger charge is -2.13. The van der Waals surface area contributed by atoms with Gasteiger partial charge in [0.15, 0.2) is 0 Å². The van der Waals surface area contributed by atoms with Gasteiger partial charge >= 0.3 is 11.9 Å². The van der Waals surface area contributed by atoms with E-state index < -0.39 is 12.0 Å². The molecular formula is C38H66N2O5. The van der Waals surface area contributed by atoms with Gasteiger partial charge in [0.2, 0.25) is 5.91 Å². The Labute approximate surface area is 275 Å². The Morgan fingerprint density at radius 3 is 1.91 bits per heavy atom. The zero-order valence-electron chi connectivity index (χ0n) is 28.7. The third-order valence-electron chi connectivity index (χ3n) is 7.59. The van der Waals surface area contributed by atoms with Crippen LogP contribution in [0.3, 0.4) is 0 Å². The third-order valence-corrected chi connectivity index (χ3v) is 7.59. The molecule has 2 atom stereocenters. The van der Waals surface area contributed by atoms with E-state index in [2.05, 4.69) is 43.5 Å². The SMILES string of the molecule is CC/C=C\C/C=C\C(/C=C\CCCCCC(=O)NC(CCCN)C(=O)O)OC(=O)CCCCCCC/C=C\CCCCCCC. The highest BCUT2D eigenvalue weighted by atomic mass is 16.5. The molecule has 0 saturated heterocycles. The van der Waals surface area contributed by atoms with Crippen LogP contribution in [0.15, 0.2) is 48.6 Å². The second-order valence-electron chi connectivity index (χ2n) is 11.9. The van der Waals surface area contributed by atoms with E-state index in [1.54, 1.807) is 0 Å². The fraction of sp³-hybridized carbons (Fsp3) is 0.711. The van der Waals surface area contributed by atoms with Crippen molar-refractivity contribution in [3.63, 3.8) is 0 Å². The predicted molar refractivity (Wildman–Crippen MR) is 188 cm³/mol. The molecule has 7 heteroatoms. The average Bonchev–Trinajstić information content (AvgIpc) is 3.02. The van der Waals surface area contributed by atoms with Gasteiger partial charge in [-0.1, -0.05) is 102 Å². The Morgan fingerprint density at radius 1 is 0.689 bits per heavy atom. The van der Waals surface area contributed by atoms with Gasteiger partial charge < -0.3 is 20.9 Å². The lowest BCUT2D eigenvalue weighted by Crippen LogP contribution is -2.40. The Kier molecular flexibility index (Phi) is 30.8. The van der Waals surface area contributed by atoms with Crippen LogP contribution in [0.5, 0.6) is 0 Å². The lowest BCUT2D eigenvalue weighted by molar-refractivity contribution is -0.145. The second kappa shape index (κ2) is 32.7. The molecule has 258 valence electrons. The van der Waals surface area contributed by atoms with Crippen molar-refractivity contribution < 1.29 is 24.2 Å². The van der Waals surface area contributed by atoms with Crippen LogP contribution in [-0.2, 0) is 19.1 Å². The van der Waals surface area contributed by atoms with Crippen LogP contribution in [0.4, 0.5) is 0 Å². The molecule has 1 amide bonds. The van der Waals surface area contributed by atoms with Gasteiger partial charge in [-0.05, 0) is 95.7 Å². The minimum atomic E-state index is -1.02. The minimum Gasteiger partial charge on any atom is -0.480 e. The number of hydrogen-bond donors (Lipinski definition) is 3. The van der Waals surface area contributed by atoms with Crippen LogP contribution in [0.1, 0.15) is 155 Å². The molecule has 0 aromatic rings. The first-order valence-electron chi connectivity index (χ1n) is 18.0. The maximum Gasteiger partial charge on any atom is 0.326 e. The summed E-state index contributed by atoms with van der Waals surface area (Å²) in [6, 6.07) is -0.874. The van der Waals surface area contributed by atoms with Gasteiger partial charge in [-0.2, -0.15) is 0 Å². The molecule has 7 nitrogen and oxygen atoms in total. The van der Waals surface area contributed by atoms with Gasteiger partial charge in [-0.3, -0.25) is 9.59 Å². The summed E-state index contributed by atoms with van der Waals surface area (Å²) >= 11 is 0. The van der Waals surface area contributed by atoms with E-state index in [1.807, 2.05) is 24.3 Å². The smallest absolute Gasteiger partial charge is 0.326 e. The molecule has 0 saturated carbocycles. The Balaban J connectivity index is 4.28. The number of rotatable bonds is 31. The first kappa shape index (κ1) is 42.3. The largest absolute Gasteiger partial charge is 0.480 e. The van der Waals surface area contributed by atoms with Crippen molar-refractivity contribution in [3.8, 4) is 0 Å². The topological polar surface area (TPSA) is 119 Å². The number of carboxylic acid groups (broad SMARTS) is 1. The first-order chi connectivity index (χ1) is 21.9. The molecule has 0 bridgehead atoms. The van der Waals surface area contributed by atoms with E-state index >= 15 is 0 Å². The summed E-state index contributed by atoms with van der Waals surface area (Å²) in [5.74, 6) is -1.41. The van der Waals surface area contributed by atoms with Gasteiger partial charge in [0.25, 0.3) is 0 Å². The highest BCUT2D eigenvalue weighted by Gasteiger charge is 2.18. The minimum absolute atomic E-state index is 0.155. The van der Waals surface area contributed by atoms with E-state index in [4.69, 9.17) is 10.5 Å². The number of unbranched alkanes of at least 4 members (excludes halogenated alkanes) is 13. The number of carbonyl (C=O) groups is 3. The number of carbonyl (C=O) groups excluding carboxylic acids is 2. The van der Waals surface area contributed by atoms with Crippen LogP contribution < -0.4 is 11.1 Å². The number of ether oxygens (including phenoxy) is 1. The number of carboxylic acids is 1. The lowest BCUT2D eigenvalue weighted by atomic mass is 10.1. The molecule has 0 radical (unpaired) electrons. The molecular weight excluding hydrogens is 564 g/mol. The molecule has 0 spiro atoms. The van der Waals surface area contributed by atoms with Crippen molar-refractivity contribution in [1.29, 1.82) is 0 Å². The van der Waals surface area contributed by atoms with Crippen molar-refractivity contribution in [2.45, 2.75) is 167 Å². The summed E-state index contributed by atoms with van der Waals surface area (Å²) in [4.78, 5) is 35.9. The Hall–Kier alpha value is -2.67. The number of amides is 1. The molecule has 0 aromatic carbocycles. The summed E-state index contributed by atoms with van der Waals surface area (Å²) in [5.41, 5.74) is 5.45. The number of allylic oxidation sites excluding steroid dienone is 6. The van der Waals surface area contributed by atoms with Crippen molar-refractivity contribution in [1.82, 2.24) is 5.32 Å². The van der Waals surface area contributed by atoms with Crippen LogP contribution in [0.25, 0.3) is 0 Å². The first-order valence-corrected chi connectivity index (χ1v) is 18.0. The molecule has 0 aliphatic heterocycles. The Morgan fingerprint density at radius 2 is 1.27 bits per heavy atom. The molecule has 0 aromatic heterocycles. The summed E-state index contributed by atoms with van der Waals surface area (Å²) in [6.07, 6.45) is 37.8. The van der Waals surface area contributed by atoms with Gasteiger partial charge in [0.05, 0.1) is 0 Å². The van der Waals surface area contributed by atoms with E-state index in [9.17, 15) is 19.5 Å². The second-order valence-corrected chi connectivity index (χ2v) is 11.9. The quantitative estimate of drug-likeness (QED) is 0.0399. The van der Waals surface area contributed by atoms with Crippen molar-refractivity contribution in [3.05, 3.63) is 48.6 Å². The van der Waals surface area contributed by atoms with Crippen molar-refractivity contribution in [2.75, 3.05) is 6.54 Å². The maximum atomic E-state index is 12.5. The van der Waals surface area contributed by atoms with E-state index in [-0.39, 0.29) is 18.0 Å². The molecule has 0 heterocycles. The monoisotopic (exact) mass is 630 g/mol. The molecule has 0 fully saturated rings. The number of nitrogens with two attached hydrogens (primary N) is 1. The van der Waals surface area contributed by atoms with Gasteiger partial charge in [0, 0.05) is 12.8 Å². The van der Waals surface area contributed by atoms with Crippen molar-refractivity contribution >= 4 is 17.8 Å². The zero-order chi connectivity index (χ0) is 33.2. The average molecular weight is 631 g/mol. The summed E-state index contributed by atoms with van der Waals surface area (Å²) in [5, 5.41) is 11.8. The van der Waals surface area contributed by atoms with Crippen LogP contribution in [0.2, 0.25) is 0 Å². The number of aliphatic carboxylic acids is 1. The van der Waals surface area contributed by atoms with E-state index in [0.29, 0.717) is 38.6 Å². The summed E-state index contributed by atoms with van der Waals surface area (Å²) < 4.78 is 5.76. The van der Waals surface area contributed by atoms with Gasteiger partial charge in [0.1, 0.15) is 12.1 Å². The highest BCUT2D eigenvalue weighted by molar-refractivity contribution is 5.83. The van der Waals surface area contributed by atoms with Gasteiger partial charge in [-0.15, -0.1) is 0 Å². The van der Waals surface area contributed by atoms with E-state index in [0.717, 1.165) is 57.8 Å². The number of hydrogen-bond acceptors (Lipinski definition) is 5. The molecule has 0 aliphatic rings. The number of nitrogens with one attached hydrogen (secondary N) is 1. The molecule has 2 unspecified atom stereocenters.